The predicted octanol–water partition coefficient (Wildman–Crippen LogP) is 2.98. The molecule has 1 aromatic carbocycles. The number of carbonyl (C=O) groups is 2. The number of thiocarbonyl (C=S) groups is 1. The number of nitriles is 1. The van der Waals surface area contributed by atoms with E-state index in [2.05, 4.69) is 15.4 Å². The van der Waals surface area contributed by atoms with Crippen molar-refractivity contribution in [3.63, 3.8) is 0 Å². The van der Waals surface area contributed by atoms with E-state index in [1.165, 1.54) is 25.3 Å². The van der Waals surface area contributed by atoms with Gasteiger partial charge in [0.2, 0.25) is 0 Å². The van der Waals surface area contributed by atoms with Gasteiger partial charge in [0.1, 0.15) is 21.8 Å². The maximum Gasteiger partial charge on any atom is 0.348 e. The van der Waals surface area contributed by atoms with E-state index in [9.17, 15) is 19.2 Å². The van der Waals surface area contributed by atoms with E-state index in [1.807, 2.05) is 6.07 Å². The van der Waals surface area contributed by atoms with Crippen LogP contribution in [0.3, 0.4) is 0 Å². The highest BCUT2D eigenvalue weighted by molar-refractivity contribution is 7.80. The molecule has 1 aromatic heterocycles. The number of esters is 1. The summed E-state index contributed by atoms with van der Waals surface area (Å²) in [7, 11) is 1.24. The molecular weight excluding hydrogens is 365 g/mol. The quantitative estimate of drug-likeness (QED) is 0.631. The first-order chi connectivity index (χ1) is 11.9. The molecule has 0 fully saturated rings. The van der Waals surface area contributed by atoms with E-state index in [4.69, 9.17) is 12.2 Å². The van der Waals surface area contributed by atoms with Gasteiger partial charge in [-0.2, -0.15) is 5.26 Å². The predicted molar refractivity (Wildman–Crippen MR) is 95.2 cm³/mol. The number of thiophene rings is 1. The molecule has 0 aliphatic rings. The number of halogens is 1. The van der Waals surface area contributed by atoms with E-state index in [1.54, 1.807) is 6.92 Å². The van der Waals surface area contributed by atoms with Crippen LogP contribution in [0.15, 0.2) is 24.3 Å². The Hall–Kier alpha value is -2.83. The molecule has 2 aromatic rings. The molecule has 1 amide bonds. The minimum absolute atomic E-state index is 0.123. The highest BCUT2D eigenvalue weighted by Crippen LogP contribution is 2.32. The SMILES string of the molecule is COC(=O)c1sc(NC(=S)NC(=O)c2ccccc2F)c(C#N)c1C. The average Bonchev–Trinajstić information content (AvgIpc) is 2.89. The highest BCUT2D eigenvalue weighted by Gasteiger charge is 2.21. The molecular formula is C16H12FN3O3S2. The Morgan fingerprint density at radius 1 is 1.36 bits per heavy atom. The molecule has 0 saturated carbocycles. The van der Waals surface area contributed by atoms with Crippen LogP contribution < -0.4 is 10.6 Å². The Balaban J connectivity index is 2.18. The lowest BCUT2D eigenvalue weighted by Crippen LogP contribution is -2.34. The molecule has 2 rings (SSSR count). The number of nitrogens with zero attached hydrogens (tertiary/aromatic N) is 1. The van der Waals surface area contributed by atoms with Crippen molar-refractivity contribution in [2.75, 3.05) is 12.4 Å². The molecule has 0 atom stereocenters. The molecule has 0 unspecified atom stereocenters. The largest absolute Gasteiger partial charge is 0.465 e. The van der Waals surface area contributed by atoms with Gasteiger partial charge in [0.15, 0.2) is 5.11 Å². The summed E-state index contributed by atoms with van der Waals surface area (Å²) in [6, 6.07) is 7.43. The first-order valence-electron chi connectivity index (χ1n) is 6.87. The first kappa shape index (κ1) is 18.5. The number of hydrogen-bond donors (Lipinski definition) is 2. The number of ether oxygens (including phenoxy) is 1. The summed E-state index contributed by atoms with van der Waals surface area (Å²) in [5.74, 6) is -1.98. The molecule has 0 saturated heterocycles. The molecule has 0 radical (unpaired) electrons. The number of benzene rings is 1. The number of anilines is 1. The zero-order valence-electron chi connectivity index (χ0n) is 13.2. The van der Waals surface area contributed by atoms with Crippen molar-refractivity contribution in [2.45, 2.75) is 6.92 Å². The second-order valence-electron chi connectivity index (χ2n) is 4.75. The van der Waals surface area contributed by atoms with Gasteiger partial charge in [-0.15, -0.1) is 11.3 Å². The highest BCUT2D eigenvalue weighted by atomic mass is 32.1. The maximum atomic E-state index is 13.6. The normalized spacial score (nSPS) is 9.84. The third-order valence-corrected chi connectivity index (χ3v) is 4.59. The summed E-state index contributed by atoms with van der Waals surface area (Å²) in [4.78, 5) is 24.0. The van der Waals surface area contributed by atoms with Crippen LogP contribution in [0, 0.1) is 24.1 Å². The third kappa shape index (κ3) is 3.99. The summed E-state index contributed by atoms with van der Waals surface area (Å²) in [5.41, 5.74) is 0.503. The molecule has 0 spiro atoms. The third-order valence-electron chi connectivity index (χ3n) is 3.20. The van der Waals surface area contributed by atoms with Crippen LogP contribution >= 0.6 is 23.6 Å². The van der Waals surface area contributed by atoms with Crippen molar-refractivity contribution >= 4 is 45.5 Å². The fourth-order valence-corrected chi connectivity index (χ4v) is 3.31. The second kappa shape index (κ2) is 7.83. The van der Waals surface area contributed by atoms with Gasteiger partial charge >= 0.3 is 5.97 Å². The Morgan fingerprint density at radius 2 is 2.04 bits per heavy atom. The van der Waals surface area contributed by atoms with Crippen LogP contribution in [0.1, 0.15) is 31.2 Å². The molecule has 1 heterocycles. The Labute approximate surface area is 152 Å². The summed E-state index contributed by atoms with van der Waals surface area (Å²) in [6.45, 7) is 1.60. The first-order valence-corrected chi connectivity index (χ1v) is 8.10. The number of rotatable bonds is 3. The summed E-state index contributed by atoms with van der Waals surface area (Å²) in [6.07, 6.45) is 0. The molecule has 128 valence electrons. The zero-order valence-corrected chi connectivity index (χ0v) is 14.8. The van der Waals surface area contributed by atoms with Gasteiger partial charge in [-0.3, -0.25) is 10.1 Å². The van der Waals surface area contributed by atoms with Gasteiger partial charge < -0.3 is 10.1 Å². The van der Waals surface area contributed by atoms with Gasteiger partial charge in [-0.05, 0) is 36.8 Å². The van der Waals surface area contributed by atoms with Gasteiger partial charge in [-0.25, -0.2) is 9.18 Å². The van der Waals surface area contributed by atoms with Crippen LogP contribution in [0.25, 0.3) is 0 Å². The number of hydrogen-bond acceptors (Lipinski definition) is 6. The molecule has 0 aliphatic carbocycles. The van der Waals surface area contributed by atoms with Crippen LogP contribution in [-0.4, -0.2) is 24.1 Å². The van der Waals surface area contributed by atoms with E-state index >= 15 is 0 Å². The van der Waals surface area contributed by atoms with Gasteiger partial charge in [-0.1, -0.05) is 12.1 Å². The second-order valence-corrected chi connectivity index (χ2v) is 6.18. The van der Waals surface area contributed by atoms with Crippen molar-refractivity contribution < 1.29 is 18.7 Å². The molecule has 0 aliphatic heterocycles. The van der Waals surface area contributed by atoms with Crippen LogP contribution in [-0.2, 0) is 4.74 Å². The van der Waals surface area contributed by atoms with Gasteiger partial charge in [0.25, 0.3) is 5.91 Å². The van der Waals surface area contributed by atoms with E-state index < -0.39 is 17.7 Å². The molecule has 2 N–H and O–H groups in total. The van der Waals surface area contributed by atoms with Crippen molar-refractivity contribution in [3.05, 3.63) is 51.7 Å². The number of nitrogens with one attached hydrogen (secondary N) is 2. The van der Waals surface area contributed by atoms with E-state index in [0.717, 1.165) is 17.4 Å². The lowest BCUT2D eigenvalue weighted by atomic mass is 10.2. The lowest BCUT2D eigenvalue weighted by molar-refractivity contribution is 0.0605. The molecule has 9 heteroatoms. The molecule has 25 heavy (non-hydrogen) atoms. The smallest absolute Gasteiger partial charge is 0.348 e. The maximum absolute atomic E-state index is 13.6. The number of carbonyl (C=O) groups excluding carboxylic acids is 2. The number of methoxy groups -OCH3 is 1. The molecule has 0 bridgehead atoms. The summed E-state index contributed by atoms with van der Waals surface area (Å²) < 4.78 is 18.3. The Morgan fingerprint density at radius 3 is 2.64 bits per heavy atom. The van der Waals surface area contributed by atoms with Crippen molar-refractivity contribution in [2.24, 2.45) is 0 Å². The standard InChI is InChI=1S/C16H12FN3O3S2/c1-8-10(7-18)14(25-12(8)15(22)23-2)20-16(24)19-13(21)9-5-3-4-6-11(9)17/h3-6H,1-2H3,(H2,19,20,21,24). The minimum atomic E-state index is -0.726. The van der Waals surface area contributed by atoms with Crippen molar-refractivity contribution in [3.8, 4) is 6.07 Å². The average molecular weight is 377 g/mol. The van der Waals surface area contributed by atoms with Gasteiger partial charge in [0.05, 0.1) is 18.2 Å². The topological polar surface area (TPSA) is 91.2 Å². The Bertz CT molecular complexity index is 903. The minimum Gasteiger partial charge on any atom is -0.465 e. The van der Waals surface area contributed by atoms with Crippen molar-refractivity contribution in [1.29, 1.82) is 5.26 Å². The van der Waals surface area contributed by atoms with Crippen LogP contribution in [0.4, 0.5) is 9.39 Å². The fraction of sp³-hybridized carbons (Fsp3) is 0.125. The van der Waals surface area contributed by atoms with Crippen LogP contribution in [0.2, 0.25) is 0 Å². The summed E-state index contributed by atoms with van der Waals surface area (Å²) >= 11 is 6.00. The molecule has 6 nitrogen and oxygen atoms in total. The Kier molecular flexibility index (Phi) is 5.80. The fourth-order valence-electron chi connectivity index (χ4n) is 1.97. The zero-order chi connectivity index (χ0) is 18.6. The van der Waals surface area contributed by atoms with E-state index in [-0.39, 0.29) is 21.1 Å². The monoisotopic (exact) mass is 377 g/mol. The number of amides is 1. The van der Waals surface area contributed by atoms with E-state index in [0.29, 0.717) is 10.6 Å². The van der Waals surface area contributed by atoms with Gasteiger partial charge in [0, 0.05) is 0 Å². The lowest BCUT2D eigenvalue weighted by Gasteiger charge is -2.08. The van der Waals surface area contributed by atoms with Crippen molar-refractivity contribution in [1.82, 2.24) is 5.32 Å². The van der Waals surface area contributed by atoms with Crippen LogP contribution in [0.5, 0.6) is 0 Å². The summed E-state index contributed by atoms with van der Waals surface area (Å²) in [5, 5.41) is 14.4.